The quantitative estimate of drug-likeness (QED) is 0.0666. The van der Waals surface area contributed by atoms with Crippen molar-refractivity contribution in [2.45, 2.75) is 244 Å². The molecular formula is C97H137NO8S. The molecule has 11 aromatic rings. The third-order valence-corrected chi connectivity index (χ3v) is 19.2. The average Bonchev–Trinajstić information content (AvgIpc) is 1.61. The van der Waals surface area contributed by atoms with Gasteiger partial charge in [-0.25, -0.2) is 0 Å². The van der Waals surface area contributed by atoms with Gasteiger partial charge in [0.05, 0.1) is 22.9 Å². The summed E-state index contributed by atoms with van der Waals surface area (Å²) in [5, 5.41) is 10.3. The van der Waals surface area contributed by atoms with Gasteiger partial charge in [-0.05, 0) is 174 Å². The third-order valence-electron chi connectivity index (χ3n) is 17.9. The fourth-order valence-corrected chi connectivity index (χ4v) is 10.7. The highest BCUT2D eigenvalue weighted by Gasteiger charge is 2.29. The van der Waals surface area contributed by atoms with Crippen LogP contribution < -0.4 is 14.8 Å². The molecule has 0 saturated heterocycles. The lowest BCUT2D eigenvalue weighted by atomic mass is 9.91. The SMILES string of the molecule is CC.CC.CC.CC.CC.CC.CCC(C)(C)C(=O)OCCc1ccccc1.CCC(C)(C)C(=O)Oc1ccc2ccccc2c1.CCC(C)(C)C(=O)Oc1ccccc1.CCC(C)C(=O)Nc1ccccc1.CCC(C)c1ccc2c(c1)oc1ccccc12.CCC(C)c1cccc2c1sc1ccccc12. The van der Waals surface area contributed by atoms with Crippen LogP contribution in [0.1, 0.15) is 254 Å². The van der Waals surface area contributed by atoms with Gasteiger partial charge in [-0.15, -0.1) is 11.3 Å². The maximum atomic E-state index is 12.0. The van der Waals surface area contributed by atoms with E-state index in [-0.39, 0.29) is 35.1 Å². The van der Waals surface area contributed by atoms with Gasteiger partial charge in [0.2, 0.25) is 5.91 Å². The molecule has 3 atom stereocenters. The first-order valence-electron chi connectivity index (χ1n) is 39.9. The van der Waals surface area contributed by atoms with Gasteiger partial charge in [-0.1, -0.05) is 309 Å². The molecule has 584 valence electrons. The second-order valence-corrected chi connectivity index (χ2v) is 27.2. The highest BCUT2D eigenvalue weighted by molar-refractivity contribution is 7.26. The van der Waals surface area contributed by atoms with Gasteiger partial charge in [0.1, 0.15) is 22.7 Å². The first-order chi connectivity index (χ1) is 51.5. The van der Waals surface area contributed by atoms with E-state index in [0.717, 1.165) is 66.2 Å². The predicted octanol–water partition coefficient (Wildman–Crippen LogP) is 29.9. The highest BCUT2D eigenvalue weighted by Crippen LogP contribution is 2.39. The Balaban J connectivity index is 0.00000123. The van der Waals surface area contributed by atoms with Crippen LogP contribution in [0.5, 0.6) is 11.5 Å². The molecule has 11 rings (SSSR count). The maximum absolute atomic E-state index is 12.0. The Bertz CT molecular complexity index is 4170. The molecule has 2 aromatic heterocycles. The number of thiophene rings is 1. The van der Waals surface area contributed by atoms with Crippen molar-refractivity contribution in [2.75, 3.05) is 11.9 Å². The molecule has 1 amide bonds. The topological polar surface area (TPSA) is 121 Å². The van der Waals surface area contributed by atoms with Crippen LogP contribution in [0.15, 0.2) is 223 Å². The fraction of sp³-hybridized carbons (Fsp3) is 0.423. The molecule has 9 nitrogen and oxygen atoms in total. The molecule has 9 aromatic carbocycles. The Morgan fingerprint density at radius 1 is 0.411 bits per heavy atom. The van der Waals surface area contributed by atoms with Crippen LogP contribution >= 0.6 is 11.3 Å². The molecule has 0 radical (unpaired) electrons. The molecule has 10 heteroatoms. The molecule has 3 unspecified atom stereocenters. The monoisotopic (exact) mass is 1480 g/mol. The first-order valence-corrected chi connectivity index (χ1v) is 40.7. The summed E-state index contributed by atoms with van der Waals surface area (Å²) >= 11 is 1.93. The molecule has 0 aliphatic heterocycles. The zero-order chi connectivity index (χ0) is 81.1. The zero-order valence-electron chi connectivity index (χ0n) is 70.8. The molecule has 1 N–H and O–H groups in total. The number of anilines is 1. The lowest BCUT2D eigenvalue weighted by Crippen LogP contribution is -2.28. The smallest absolute Gasteiger partial charge is 0.316 e. The Morgan fingerprint density at radius 3 is 1.41 bits per heavy atom. The summed E-state index contributed by atoms with van der Waals surface area (Å²) in [5.41, 5.74) is 5.70. The number of hydrogen-bond acceptors (Lipinski definition) is 9. The summed E-state index contributed by atoms with van der Waals surface area (Å²) in [4.78, 5) is 46.7. The molecule has 0 spiro atoms. The average molecular weight is 1480 g/mol. The van der Waals surface area contributed by atoms with Gasteiger partial charge in [-0.3, -0.25) is 19.2 Å². The second kappa shape index (κ2) is 54.7. The van der Waals surface area contributed by atoms with Crippen LogP contribution in [0.4, 0.5) is 5.69 Å². The molecule has 0 aliphatic rings. The second-order valence-electron chi connectivity index (χ2n) is 26.1. The fourth-order valence-electron chi connectivity index (χ4n) is 9.38. The minimum Gasteiger partial charge on any atom is -0.465 e. The zero-order valence-corrected chi connectivity index (χ0v) is 71.7. The minimum absolute atomic E-state index is 0.0835. The number of hydrogen-bond donors (Lipinski definition) is 1. The number of para-hydroxylation sites is 3. The third kappa shape index (κ3) is 33.0. The molecule has 0 aliphatic carbocycles. The summed E-state index contributed by atoms with van der Waals surface area (Å²) in [7, 11) is 0. The Morgan fingerprint density at radius 2 is 0.869 bits per heavy atom. The maximum Gasteiger partial charge on any atom is 0.316 e. The van der Waals surface area contributed by atoms with E-state index in [2.05, 4.69) is 106 Å². The lowest BCUT2D eigenvalue weighted by molar-refractivity contribution is -0.154. The van der Waals surface area contributed by atoms with E-state index in [1.165, 1.54) is 54.1 Å². The number of esters is 3. The Kier molecular flexibility index (Phi) is 50.2. The summed E-state index contributed by atoms with van der Waals surface area (Å²) in [6.45, 7) is 54.8. The number of amides is 1. The van der Waals surface area contributed by atoms with Crippen LogP contribution in [0.25, 0.3) is 52.9 Å². The number of furan rings is 1. The number of carbonyl (C=O) groups is 4. The Hall–Kier alpha value is -8.86. The van der Waals surface area contributed by atoms with Gasteiger partial charge in [0.15, 0.2) is 0 Å². The first kappa shape index (κ1) is 98.1. The van der Waals surface area contributed by atoms with E-state index < -0.39 is 10.8 Å². The van der Waals surface area contributed by atoms with Gasteiger partial charge in [0.25, 0.3) is 0 Å². The van der Waals surface area contributed by atoms with Crippen molar-refractivity contribution >= 4 is 93.7 Å². The summed E-state index contributed by atoms with van der Waals surface area (Å²) in [6, 6.07) is 72.7. The predicted molar refractivity (Wildman–Crippen MR) is 468 cm³/mol. The van der Waals surface area contributed by atoms with Crippen LogP contribution in [-0.4, -0.2) is 30.4 Å². The van der Waals surface area contributed by atoms with Crippen molar-refractivity contribution in [3.63, 3.8) is 0 Å². The van der Waals surface area contributed by atoms with Crippen molar-refractivity contribution in [3.8, 4) is 11.5 Å². The van der Waals surface area contributed by atoms with E-state index >= 15 is 0 Å². The normalized spacial score (nSPS) is 11.1. The molecule has 0 fully saturated rings. The number of fused-ring (bicyclic) bond motifs is 7. The largest absolute Gasteiger partial charge is 0.465 e. The van der Waals surface area contributed by atoms with E-state index in [9.17, 15) is 19.2 Å². The van der Waals surface area contributed by atoms with Gasteiger partial charge >= 0.3 is 17.9 Å². The highest BCUT2D eigenvalue weighted by atomic mass is 32.1. The van der Waals surface area contributed by atoms with E-state index in [4.69, 9.17) is 18.6 Å². The lowest BCUT2D eigenvalue weighted by Gasteiger charge is -2.20. The van der Waals surface area contributed by atoms with Crippen molar-refractivity contribution in [1.29, 1.82) is 0 Å². The van der Waals surface area contributed by atoms with Crippen LogP contribution in [0.2, 0.25) is 0 Å². The van der Waals surface area contributed by atoms with Crippen LogP contribution in [0.3, 0.4) is 0 Å². The van der Waals surface area contributed by atoms with Gasteiger partial charge < -0.3 is 23.9 Å². The summed E-state index contributed by atoms with van der Waals surface area (Å²) < 4.78 is 24.7. The number of ether oxygens (including phenoxy) is 3. The molecule has 0 bridgehead atoms. The Labute approximate surface area is 652 Å². The summed E-state index contributed by atoms with van der Waals surface area (Å²) in [6.07, 6.45) is 6.36. The number of benzene rings is 9. The molecule has 2 heterocycles. The standard InChI is InChI=1S/C16H18O2.C16H16O.C16H16S.C14H20O2.C12H16O2.C11H15NO.6C2H6/c1-4-16(2,3)15(17)18-14-10-9-12-7-5-6-8-13(12)11-14;1-3-11(2)12-8-9-14-13-6-4-5-7-15(13)17-16(14)10-12;1-3-11(2)12-8-6-9-14-13-7-4-5-10-15(13)17-16(12)14;1-4-14(2,3)13(15)16-11-10-12-8-6-5-7-9-12;1-4-12(2,3)11(13)14-10-8-6-5-7-9-10;1-3-9(2)11(13)12-10-7-5-4-6-8-10;6*1-2/h5-11H,4H2,1-3H3;2*4-11H,3H2,1-2H3;5-9H,4,10-11H2,1-3H3;5-9H,4H2,1-3H3;4-9H,3H2,1-2H3,(H,12,13);6*1-2H3. The van der Waals surface area contributed by atoms with Crippen molar-refractivity contribution in [3.05, 3.63) is 235 Å². The van der Waals surface area contributed by atoms with E-state index in [1.54, 1.807) is 12.1 Å². The summed E-state index contributed by atoms with van der Waals surface area (Å²) in [5.74, 6) is 2.17. The minimum atomic E-state index is -0.439. The van der Waals surface area contributed by atoms with Gasteiger partial charge in [-0.2, -0.15) is 0 Å². The van der Waals surface area contributed by atoms with Crippen LogP contribution in [-0.2, 0) is 30.3 Å². The number of carbonyl (C=O) groups excluding carboxylic acids is 4. The van der Waals surface area contributed by atoms with Crippen molar-refractivity contribution in [2.24, 2.45) is 22.2 Å². The van der Waals surface area contributed by atoms with E-state index in [0.29, 0.717) is 29.9 Å². The van der Waals surface area contributed by atoms with Gasteiger partial charge in [0, 0.05) is 49.0 Å². The van der Waals surface area contributed by atoms with Crippen molar-refractivity contribution < 1.29 is 37.8 Å². The molecular weight excluding hydrogens is 1340 g/mol. The number of nitrogens with one attached hydrogen (secondary N) is 1. The molecule has 107 heavy (non-hydrogen) atoms. The number of rotatable bonds is 18. The molecule has 0 saturated carbocycles. The van der Waals surface area contributed by atoms with Crippen molar-refractivity contribution in [1.82, 2.24) is 0 Å². The van der Waals surface area contributed by atoms with Crippen LogP contribution in [0, 0.1) is 22.2 Å². The van der Waals surface area contributed by atoms with E-state index in [1.807, 2.05) is 304 Å².